The first-order chi connectivity index (χ1) is 18.2. The van der Waals surface area contributed by atoms with Crippen molar-refractivity contribution in [1.29, 1.82) is 0 Å². The van der Waals surface area contributed by atoms with Crippen molar-refractivity contribution in [2.75, 3.05) is 5.32 Å². The second kappa shape index (κ2) is 11.5. The summed E-state index contributed by atoms with van der Waals surface area (Å²) in [6.07, 6.45) is 12.8. The van der Waals surface area contributed by atoms with Crippen LogP contribution in [0.1, 0.15) is 36.8 Å². The fraction of sp³-hybridized carbons (Fsp3) is 0.200. The molecule has 0 bridgehead atoms. The average molecular weight is 492 g/mol. The monoisotopic (exact) mass is 491 g/mol. The third kappa shape index (κ3) is 6.19. The standard InChI is InChI=1S/C30H29N5O2/c36-28(32-19-22-8-6-12-26(18-22)33-30(37)23-9-4-5-10-23)16-15-25-21-35(27-13-2-1-3-14-27)34-29(25)24-11-7-17-31-20-24/h1-3,6-8,11-18,20-21,23H,4-5,9-10,19H2,(H,32,36)(H,33,37). The number of nitrogens with zero attached hydrogens (tertiary/aromatic N) is 3. The van der Waals surface area contributed by atoms with E-state index in [1.165, 1.54) is 6.08 Å². The van der Waals surface area contributed by atoms with Crippen LogP contribution in [0, 0.1) is 5.92 Å². The Labute approximate surface area is 216 Å². The lowest BCUT2D eigenvalue weighted by Crippen LogP contribution is -2.21. The molecule has 7 heteroatoms. The summed E-state index contributed by atoms with van der Waals surface area (Å²) in [5.41, 5.74) is 5.02. The molecule has 186 valence electrons. The molecule has 2 amide bonds. The van der Waals surface area contributed by atoms with Crippen LogP contribution in [0.25, 0.3) is 23.0 Å². The van der Waals surface area contributed by atoms with Gasteiger partial charge in [-0.2, -0.15) is 5.10 Å². The van der Waals surface area contributed by atoms with E-state index in [1.807, 2.05) is 72.9 Å². The molecule has 1 saturated carbocycles. The average Bonchev–Trinajstić information content (AvgIpc) is 3.63. The minimum absolute atomic E-state index is 0.0853. The molecule has 2 aromatic carbocycles. The summed E-state index contributed by atoms with van der Waals surface area (Å²) in [7, 11) is 0. The third-order valence-electron chi connectivity index (χ3n) is 6.50. The predicted molar refractivity (Wildman–Crippen MR) is 145 cm³/mol. The molecule has 2 aromatic heterocycles. The zero-order valence-corrected chi connectivity index (χ0v) is 20.5. The van der Waals surface area contributed by atoms with Crippen LogP contribution >= 0.6 is 0 Å². The molecule has 0 atom stereocenters. The highest BCUT2D eigenvalue weighted by Gasteiger charge is 2.22. The van der Waals surface area contributed by atoms with Gasteiger partial charge in [-0.05, 0) is 60.9 Å². The number of rotatable bonds is 8. The molecule has 1 aliphatic rings. The van der Waals surface area contributed by atoms with Crippen LogP contribution in [0.15, 0.2) is 91.4 Å². The molecule has 5 rings (SSSR count). The highest BCUT2D eigenvalue weighted by Crippen LogP contribution is 2.26. The summed E-state index contributed by atoms with van der Waals surface area (Å²) in [4.78, 5) is 29.3. The van der Waals surface area contributed by atoms with Gasteiger partial charge in [0.05, 0.1) is 5.69 Å². The maximum atomic E-state index is 12.6. The van der Waals surface area contributed by atoms with Gasteiger partial charge in [0.25, 0.3) is 0 Å². The Morgan fingerprint density at radius 1 is 1.00 bits per heavy atom. The van der Waals surface area contributed by atoms with E-state index in [0.29, 0.717) is 6.54 Å². The number of para-hydroxylation sites is 1. The quantitative estimate of drug-likeness (QED) is 0.323. The first-order valence-corrected chi connectivity index (χ1v) is 12.6. The molecular formula is C30H29N5O2. The summed E-state index contributed by atoms with van der Waals surface area (Å²) in [6, 6.07) is 21.2. The Kier molecular flexibility index (Phi) is 7.50. The van der Waals surface area contributed by atoms with E-state index in [-0.39, 0.29) is 17.7 Å². The molecule has 0 saturated heterocycles. The molecule has 2 heterocycles. The molecule has 2 N–H and O–H groups in total. The normalized spacial score (nSPS) is 13.6. The van der Waals surface area contributed by atoms with Crippen molar-refractivity contribution in [3.05, 3.63) is 103 Å². The topological polar surface area (TPSA) is 88.9 Å². The van der Waals surface area contributed by atoms with E-state index >= 15 is 0 Å². The van der Waals surface area contributed by atoms with Crippen molar-refractivity contribution in [3.63, 3.8) is 0 Å². The van der Waals surface area contributed by atoms with Crippen molar-refractivity contribution in [3.8, 4) is 16.9 Å². The maximum Gasteiger partial charge on any atom is 0.244 e. The zero-order chi connectivity index (χ0) is 25.5. The van der Waals surface area contributed by atoms with E-state index in [4.69, 9.17) is 5.10 Å². The van der Waals surface area contributed by atoms with Crippen molar-refractivity contribution >= 4 is 23.6 Å². The lowest BCUT2D eigenvalue weighted by atomic mass is 10.1. The van der Waals surface area contributed by atoms with Gasteiger partial charge in [0.15, 0.2) is 0 Å². The predicted octanol–water partition coefficient (Wildman–Crippen LogP) is 5.39. The van der Waals surface area contributed by atoms with Crippen molar-refractivity contribution in [2.45, 2.75) is 32.2 Å². The number of aromatic nitrogens is 3. The molecule has 7 nitrogen and oxygen atoms in total. The number of benzene rings is 2. The summed E-state index contributed by atoms with van der Waals surface area (Å²) >= 11 is 0. The van der Waals surface area contributed by atoms with Crippen LogP contribution in [0.2, 0.25) is 0 Å². The Morgan fingerprint density at radius 2 is 1.84 bits per heavy atom. The molecule has 1 fully saturated rings. The van der Waals surface area contributed by atoms with E-state index in [1.54, 1.807) is 23.2 Å². The van der Waals surface area contributed by atoms with Crippen LogP contribution in [-0.2, 0) is 16.1 Å². The minimum atomic E-state index is -0.218. The second-order valence-corrected chi connectivity index (χ2v) is 9.18. The number of pyridine rings is 1. The molecular weight excluding hydrogens is 462 g/mol. The summed E-state index contributed by atoms with van der Waals surface area (Å²) < 4.78 is 1.80. The second-order valence-electron chi connectivity index (χ2n) is 9.18. The first kappa shape index (κ1) is 24.2. The zero-order valence-electron chi connectivity index (χ0n) is 20.5. The lowest BCUT2D eigenvalue weighted by molar-refractivity contribution is -0.119. The van der Waals surface area contributed by atoms with Crippen molar-refractivity contribution < 1.29 is 9.59 Å². The lowest BCUT2D eigenvalue weighted by Gasteiger charge is -2.11. The van der Waals surface area contributed by atoms with Crippen molar-refractivity contribution in [1.82, 2.24) is 20.1 Å². The van der Waals surface area contributed by atoms with Gasteiger partial charge in [-0.15, -0.1) is 0 Å². The van der Waals surface area contributed by atoms with Gasteiger partial charge in [0.2, 0.25) is 11.8 Å². The van der Waals surface area contributed by atoms with Gasteiger partial charge in [0, 0.05) is 53.9 Å². The number of amides is 2. The number of anilines is 1. The highest BCUT2D eigenvalue weighted by molar-refractivity contribution is 5.93. The Hall–Kier alpha value is -4.52. The van der Waals surface area contributed by atoms with Crippen LogP contribution in [0.4, 0.5) is 5.69 Å². The number of carbonyl (C=O) groups excluding carboxylic acids is 2. The van der Waals surface area contributed by atoms with Crippen LogP contribution in [-0.4, -0.2) is 26.6 Å². The van der Waals surface area contributed by atoms with Crippen LogP contribution in [0.5, 0.6) is 0 Å². The minimum Gasteiger partial charge on any atom is -0.348 e. The van der Waals surface area contributed by atoms with E-state index < -0.39 is 0 Å². The van der Waals surface area contributed by atoms with E-state index in [9.17, 15) is 9.59 Å². The van der Waals surface area contributed by atoms with Gasteiger partial charge in [-0.1, -0.05) is 43.2 Å². The highest BCUT2D eigenvalue weighted by atomic mass is 16.2. The SMILES string of the molecule is O=C(C=Cc1cn(-c2ccccc2)nc1-c1cccnc1)NCc1cccc(NC(=O)C2CCCC2)c1. The molecule has 0 unspecified atom stereocenters. The van der Waals surface area contributed by atoms with E-state index in [2.05, 4.69) is 15.6 Å². The first-order valence-electron chi connectivity index (χ1n) is 12.6. The molecule has 0 spiro atoms. The molecule has 37 heavy (non-hydrogen) atoms. The largest absolute Gasteiger partial charge is 0.348 e. The summed E-state index contributed by atoms with van der Waals surface area (Å²) in [6.45, 7) is 0.356. The number of hydrogen-bond acceptors (Lipinski definition) is 4. The van der Waals surface area contributed by atoms with Gasteiger partial charge in [0.1, 0.15) is 5.69 Å². The van der Waals surface area contributed by atoms with Crippen LogP contribution in [0.3, 0.4) is 0 Å². The van der Waals surface area contributed by atoms with Gasteiger partial charge in [-0.25, -0.2) is 4.68 Å². The molecule has 0 radical (unpaired) electrons. The fourth-order valence-corrected chi connectivity index (χ4v) is 4.55. The number of hydrogen-bond donors (Lipinski definition) is 2. The summed E-state index contributed by atoms with van der Waals surface area (Å²) in [5, 5.41) is 10.7. The maximum absolute atomic E-state index is 12.6. The summed E-state index contributed by atoms with van der Waals surface area (Å²) in [5.74, 6) is -0.0246. The molecule has 0 aliphatic heterocycles. The fourth-order valence-electron chi connectivity index (χ4n) is 4.55. The Morgan fingerprint density at radius 3 is 2.62 bits per heavy atom. The Bertz CT molecular complexity index is 1390. The van der Waals surface area contributed by atoms with Gasteiger partial charge < -0.3 is 10.6 Å². The smallest absolute Gasteiger partial charge is 0.244 e. The van der Waals surface area contributed by atoms with Gasteiger partial charge >= 0.3 is 0 Å². The molecule has 4 aromatic rings. The Balaban J connectivity index is 1.25. The number of nitrogens with one attached hydrogen (secondary N) is 2. The number of carbonyl (C=O) groups is 2. The van der Waals surface area contributed by atoms with Crippen molar-refractivity contribution in [2.24, 2.45) is 5.92 Å². The third-order valence-corrected chi connectivity index (χ3v) is 6.50. The van der Waals surface area contributed by atoms with E-state index in [0.717, 1.165) is 59.4 Å². The van der Waals surface area contributed by atoms with Gasteiger partial charge in [-0.3, -0.25) is 14.6 Å². The molecule has 1 aliphatic carbocycles. The van der Waals surface area contributed by atoms with Crippen LogP contribution < -0.4 is 10.6 Å².